The Hall–Kier alpha value is -2.30. The lowest BCUT2D eigenvalue weighted by Crippen LogP contribution is -2.10. The van der Waals surface area contributed by atoms with Crippen molar-refractivity contribution in [3.8, 4) is 5.75 Å². The van der Waals surface area contributed by atoms with Crippen LogP contribution in [0, 0.1) is 12.8 Å². The fourth-order valence-electron chi connectivity index (χ4n) is 1.83. The molecule has 0 saturated heterocycles. The van der Waals surface area contributed by atoms with Crippen LogP contribution in [0.4, 0.5) is 17.5 Å². The lowest BCUT2D eigenvalue weighted by atomic mass is 10.2. The van der Waals surface area contributed by atoms with Crippen molar-refractivity contribution >= 4 is 17.5 Å². The first-order chi connectivity index (χ1) is 10.1. The predicted molar refractivity (Wildman–Crippen MR) is 86.4 cm³/mol. The monoisotopic (exact) mass is 286 g/mol. The van der Waals surface area contributed by atoms with Gasteiger partial charge in [-0.1, -0.05) is 13.8 Å². The molecule has 112 valence electrons. The third kappa shape index (κ3) is 4.63. The van der Waals surface area contributed by atoms with Crippen LogP contribution in [-0.2, 0) is 0 Å². The molecule has 0 unspecified atom stereocenters. The molecular weight excluding hydrogens is 264 g/mol. The summed E-state index contributed by atoms with van der Waals surface area (Å²) in [5.74, 6) is 2.82. The molecular formula is C16H22N4O. The number of benzene rings is 1. The zero-order valence-electron chi connectivity index (χ0n) is 13.0. The molecule has 2 aromatic rings. The van der Waals surface area contributed by atoms with E-state index in [1.54, 1.807) is 7.11 Å². The van der Waals surface area contributed by atoms with E-state index in [4.69, 9.17) is 4.74 Å². The number of aryl methyl sites for hydroxylation is 1. The second-order valence-electron chi connectivity index (χ2n) is 5.35. The number of methoxy groups -OCH3 is 1. The molecule has 0 radical (unpaired) electrons. The number of rotatable bonds is 6. The van der Waals surface area contributed by atoms with Gasteiger partial charge in [-0.25, -0.2) is 4.98 Å². The molecule has 2 N–H and O–H groups in total. The van der Waals surface area contributed by atoms with Crippen LogP contribution < -0.4 is 15.4 Å². The predicted octanol–water partition coefficient (Wildman–Crippen LogP) is 3.61. The van der Waals surface area contributed by atoms with Gasteiger partial charge < -0.3 is 15.4 Å². The summed E-state index contributed by atoms with van der Waals surface area (Å²) in [6.07, 6.45) is 0. The minimum Gasteiger partial charge on any atom is -0.497 e. The smallest absolute Gasteiger partial charge is 0.229 e. The first-order valence-electron chi connectivity index (χ1n) is 7.07. The van der Waals surface area contributed by atoms with Crippen LogP contribution in [0.5, 0.6) is 5.75 Å². The Balaban J connectivity index is 2.11. The molecule has 21 heavy (non-hydrogen) atoms. The first-order valence-corrected chi connectivity index (χ1v) is 7.07. The van der Waals surface area contributed by atoms with E-state index < -0.39 is 0 Å². The molecule has 0 atom stereocenters. The van der Waals surface area contributed by atoms with Crippen LogP contribution in [0.1, 0.15) is 19.5 Å². The van der Waals surface area contributed by atoms with Gasteiger partial charge in [0.15, 0.2) is 0 Å². The summed E-state index contributed by atoms with van der Waals surface area (Å²) in [5, 5.41) is 6.52. The molecule has 0 aliphatic carbocycles. The van der Waals surface area contributed by atoms with E-state index in [-0.39, 0.29) is 0 Å². The summed E-state index contributed by atoms with van der Waals surface area (Å²) in [6, 6.07) is 9.62. The van der Waals surface area contributed by atoms with E-state index >= 15 is 0 Å². The maximum Gasteiger partial charge on any atom is 0.229 e. The lowest BCUT2D eigenvalue weighted by molar-refractivity contribution is 0.415. The number of nitrogens with one attached hydrogen (secondary N) is 2. The van der Waals surface area contributed by atoms with E-state index in [0.29, 0.717) is 11.9 Å². The number of hydrogen-bond acceptors (Lipinski definition) is 5. The van der Waals surface area contributed by atoms with Crippen LogP contribution >= 0.6 is 0 Å². The summed E-state index contributed by atoms with van der Waals surface area (Å²) in [6.45, 7) is 7.18. The molecule has 0 fully saturated rings. The molecule has 0 spiro atoms. The summed E-state index contributed by atoms with van der Waals surface area (Å²) < 4.78 is 5.14. The molecule has 2 rings (SSSR count). The van der Waals surface area contributed by atoms with Gasteiger partial charge in [0, 0.05) is 24.0 Å². The van der Waals surface area contributed by atoms with E-state index in [1.807, 2.05) is 37.3 Å². The van der Waals surface area contributed by atoms with Crippen molar-refractivity contribution in [3.05, 3.63) is 36.0 Å². The summed E-state index contributed by atoms with van der Waals surface area (Å²) >= 11 is 0. The Kier molecular flexibility index (Phi) is 4.98. The number of hydrogen-bond donors (Lipinski definition) is 2. The maximum atomic E-state index is 5.14. The highest BCUT2D eigenvalue weighted by atomic mass is 16.5. The quantitative estimate of drug-likeness (QED) is 0.849. The first kappa shape index (κ1) is 15.1. The van der Waals surface area contributed by atoms with Crippen LogP contribution in [0.2, 0.25) is 0 Å². The Bertz CT molecular complexity index is 581. The van der Waals surface area contributed by atoms with Crippen LogP contribution in [0.3, 0.4) is 0 Å². The Labute approximate surface area is 125 Å². The highest BCUT2D eigenvalue weighted by molar-refractivity contribution is 5.56. The lowest BCUT2D eigenvalue weighted by Gasteiger charge is -2.11. The zero-order valence-corrected chi connectivity index (χ0v) is 13.0. The van der Waals surface area contributed by atoms with Crippen molar-refractivity contribution in [2.45, 2.75) is 20.8 Å². The maximum absolute atomic E-state index is 5.14. The van der Waals surface area contributed by atoms with Crippen LogP contribution in [0.25, 0.3) is 0 Å². The number of anilines is 3. The largest absolute Gasteiger partial charge is 0.497 e. The molecule has 0 bridgehead atoms. The topological polar surface area (TPSA) is 59.1 Å². The number of aromatic nitrogens is 2. The van der Waals surface area contributed by atoms with E-state index in [9.17, 15) is 0 Å². The van der Waals surface area contributed by atoms with E-state index in [0.717, 1.165) is 29.5 Å². The summed E-state index contributed by atoms with van der Waals surface area (Å²) in [7, 11) is 1.65. The van der Waals surface area contributed by atoms with Gasteiger partial charge in [0.1, 0.15) is 11.6 Å². The number of ether oxygens (including phenoxy) is 1. The molecule has 0 aliphatic heterocycles. The third-order valence-corrected chi connectivity index (χ3v) is 2.89. The summed E-state index contributed by atoms with van der Waals surface area (Å²) in [5.41, 5.74) is 1.85. The van der Waals surface area contributed by atoms with Gasteiger partial charge in [-0.3, -0.25) is 0 Å². The van der Waals surface area contributed by atoms with Crippen LogP contribution in [0.15, 0.2) is 30.3 Å². The van der Waals surface area contributed by atoms with E-state index in [2.05, 4.69) is 34.4 Å². The highest BCUT2D eigenvalue weighted by Crippen LogP contribution is 2.19. The molecule has 0 saturated carbocycles. The molecule has 1 heterocycles. The fourth-order valence-corrected chi connectivity index (χ4v) is 1.83. The van der Waals surface area contributed by atoms with Crippen molar-refractivity contribution in [1.82, 2.24) is 9.97 Å². The SMILES string of the molecule is COc1ccc(Nc2nc(C)cc(NCC(C)C)n2)cc1. The molecule has 1 aromatic carbocycles. The fraction of sp³-hybridized carbons (Fsp3) is 0.375. The van der Waals surface area contributed by atoms with Gasteiger partial charge in [0.05, 0.1) is 7.11 Å². The Morgan fingerprint density at radius 1 is 1.14 bits per heavy atom. The number of nitrogens with zero attached hydrogens (tertiary/aromatic N) is 2. The Morgan fingerprint density at radius 3 is 2.48 bits per heavy atom. The molecule has 0 aliphatic rings. The van der Waals surface area contributed by atoms with Gasteiger partial charge >= 0.3 is 0 Å². The second-order valence-corrected chi connectivity index (χ2v) is 5.35. The highest BCUT2D eigenvalue weighted by Gasteiger charge is 2.04. The van der Waals surface area contributed by atoms with Crippen LogP contribution in [-0.4, -0.2) is 23.6 Å². The van der Waals surface area contributed by atoms with Crippen molar-refractivity contribution in [1.29, 1.82) is 0 Å². The minimum absolute atomic E-state index is 0.568. The zero-order chi connectivity index (χ0) is 15.2. The molecule has 5 nitrogen and oxygen atoms in total. The van der Waals surface area contributed by atoms with Gasteiger partial charge in [-0.05, 0) is 37.1 Å². The minimum atomic E-state index is 0.568. The van der Waals surface area contributed by atoms with Gasteiger partial charge in [0.25, 0.3) is 0 Å². The van der Waals surface area contributed by atoms with Crippen molar-refractivity contribution in [2.24, 2.45) is 5.92 Å². The van der Waals surface area contributed by atoms with Crippen molar-refractivity contribution in [3.63, 3.8) is 0 Å². The van der Waals surface area contributed by atoms with Gasteiger partial charge in [-0.2, -0.15) is 4.98 Å². The van der Waals surface area contributed by atoms with E-state index in [1.165, 1.54) is 0 Å². The Morgan fingerprint density at radius 2 is 1.86 bits per heavy atom. The van der Waals surface area contributed by atoms with Gasteiger partial charge in [0.2, 0.25) is 5.95 Å². The normalized spacial score (nSPS) is 10.5. The van der Waals surface area contributed by atoms with Gasteiger partial charge in [-0.15, -0.1) is 0 Å². The van der Waals surface area contributed by atoms with Crippen molar-refractivity contribution < 1.29 is 4.74 Å². The third-order valence-electron chi connectivity index (χ3n) is 2.89. The average Bonchev–Trinajstić information content (AvgIpc) is 2.45. The standard InChI is InChI=1S/C16H22N4O/c1-11(2)10-17-15-9-12(3)18-16(20-15)19-13-5-7-14(21-4)8-6-13/h5-9,11H,10H2,1-4H3,(H2,17,18,19,20). The summed E-state index contributed by atoms with van der Waals surface area (Å²) in [4.78, 5) is 8.88. The molecule has 5 heteroatoms. The molecule has 1 aromatic heterocycles. The molecule has 0 amide bonds. The van der Waals surface area contributed by atoms with Crippen molar-refractivity contribution in [2.75, 3.05) is 24.3 Å². The average molecular weight is 286 g/mol. The second kappa shape index (κ2) is 6.92.